The van der Waals surface area contributed by atoms with E-state index in [1.807, 2.05) is 24.3 Å². The van der Waals surface area contributed by atoms with Crippen LogP contribution in [0.5, 0.6) is 11.5 Å². The van der Waals surface area contributed by atoms with Crippen molar-refractivity contribution in [3.8, 4) is 24.0 Å². The molecular formula is C18H16N2O2. The largest absolute Gasteiger partial charge is 0.388 e. The van der Waals surface area contributed by atoms with Gasteiger partial charge in [-0.3, -0.25) is 0 Å². The average Bonchev–Trinajstić information content (AvgIpc) is 2.56. The highest BCUT2D eigenvalue weighted by atomic mass is 16.5. The van der Waals surface area contributed by atoms with E-state index in [1.165, 1.54) is 0 Å². The molecule has 0 N–H and O–H groups in total. The van der Waals surface area contributed by atoms with Crippen LogP contribution in [0.1, 0.15) is 31.4 Å². The lowest BCUT2D eigenvalue weighted by atomic mass is 9.74. The molecule has 0 heterocycles. The first kappa shape index (κ1) is 15.4. The molecule has 0 aliphatic rings. The Balaban J connectivity index is 2.35. The van der Waals surface area contributed by atoms with Gasteiger partial charge in [-0.2, -0.15) is 0 Å². The average molecular weight is 292 g/mol. The van der Waals surface area contributed by atoms with Crippen molar-refractivity contribution in [1.82, 2.24) is 0 Å². The third kappa shape index (κ3) is 3.02. The molecule has 0 radical (unpaired) electrons. The number of nitriles is 2. The zero-order chi connectivity index (χ0) is 16.0. The van der Waals surface area contributed by atoms with Gasteiger partial charge in [0.15, 0.2) is 0 Å². The van der Waals surface area contributed by atoms with Crippen LogP contribution < -0.4 is 9.47 Å². The van der Waals surface area contributed by atoms with E-state index in [4.69, 9.17) is 20.0 Å². The van der Waals surface area contributed by atoms with Gasteiger partial charge in [-0.15, -0.1) is 10.5 Å². The van der Waals surface area contributed by atoms with Crippen LogP contribution in [0.15, 0.2) is 48.5 Å². The van der Waals surface area contributed by atoms with Gasteiger partial charge in [-0.25, -0.2) is 0 Å². The van der Waals surface area contributed by atoms with Crippen molar-refractivity contribution in [1.29, 1.82) is 10.5 Å². The molecule has 0 amide bonds. The quantitative estimate of drug-likeness (QED) is 0.777. The zero-order valence-electron chi connectivity index (χ0n) is 12.5. The molecule has 0 saturated carbocycles. The summed E-state index contributed by atoms with van der Waals surface area (Å²) < 4.78 is 9.63. The third-order valence-electron chi connectivity index (χ3n) is 4.02. The predicted octanol–water partition coefficient (Wildman–Crippen LogP) is 4.12. The Morgan fingerprint density at radius 1 is 0.818 bits per heavy atom. The number of nitrogens with zero attached hydrogens (tertiary/aromatic N) is 2. The van der Waals surface area contributed by atoms with Gasteiger partial charge >= 0.3 is 0 Å². The van der Waals surface area contributed by atoms with Crippen LogP contribution in [0.4, 0.5) is 0 Å². The monoisotopic (exact) mass is 292 g/mol. The molecule has 2 aromatic rings. The van der Waals surface area contributed by atoms with Gasteiger partial charge in [0.25, 0.3) is 12.5 Å². The predicted molar refractivity (Wildman–Crippen MR) is 82.1 cm³/mol. The van der Waals surface area contributed by atoms with Gasteiger partial charge in [-0.1, -0.05) is 38.1 Å². The van der Waals surface area contributed by atoms with Gasteiger partial charge in [0.1, 0.15) is 11.5 Å². The summed E-state index contributed by atoms with van der Waals surface area (Å²) in [5.41, 5.74) is 2.10. The fraction of sp³-hybridized carbons (Fsp3) is 0.222. The molecule has 0 unspecified atom stereocenters. The highest BCUT2D eigenvalue weighted by Crippen LogP contribution is 2.36. The molecule has 0 aromatic heterocycles. The van der Waals surface area contributed by atoms with E-state index in [1.54, 1.807) is 36.8 Å². The summed E-state index contributed by atoms with van der Waals surface area (Å²) in [6.45, 7) is 4.28. The summed E-state index contributed by atoms with van der Waals surface area (Å²) in [6, 6.07) is 15.0. The lowest BCUT2D eigenvalue weighted by Crippen LogP contribution is -2.22. The molecule has 4 nitrogen and oxygen atoms in total. The smallest absolute Gasteiger partial charge is 0.292 e. The number of ether oxygens (including phenoxy) is 2. The van der Waals surface area contributed by atoms with Crippen molar-refractivity contribution in [3.05, 3.63) is 59.7 Å². The van der Waals surface area contributed by atoms with Gasteiger partial charge in [0.2, 0.25) is 0 Å². The van der Waals surface area contributed by atoms with E-state index in [0.29, 0.717) is 11.5 Å². The molecule has 0 saturated heterocycles. The lowest BCUT2D eigenvalue weighted by molar-refractivity contribution is 0.501. The van der Waals surface area contributed by atoms with Crippen LogP contribution in [0.3, 0.4) is 0 Å². The van der Waals surface area contributed by atoms with Crippen LogP contribution in [-0.2, 0) is 5.41 Å². The van der Waals surface area contributed by atoms with Crippen LogP contribution in [0, 0.1) is 23.0 Å². The summed E-state index contributed by atoms with van der Waals surface area (Å²) in [6.07, 6.45) is 4.24. The molecule has 0 bridgehead atoms. The highest BCUT2D eigenvalue weighted by Gasteiger charge is 2.26. The lowest BCUT2D eigenvalue weighted by Gasteiger charge is -2.30. The summed E-state index contributed by atoms with van der Waals surface area (Å²) in [5, 5.41) is 17.1. The Hall–Kier alpha value is -2.98. The molecule has 0 aliphatic heterocycles. The summed E-state index contributed by atoms with van der Waals surface area (Å²) >= 11 is 0. The third-order valence-corrected chi connectivity index (χ3v) is 4.02. The summed E-state index contributed by atoms with van der Waals surface area (Å²) in [4.78, 5) is 0. The highest BCUT2D eigenvalue weighted by molar-refractivity contribution is 5.42. The molecule has 4 heteroatoms. The standard InChI is InChI=1S/C18H16N2O2/c1-3-18(2,14-4-8-16(9-5-14)21-12-19)15-6-10-17(11-7-15)22-13-20/h4-11H,3H2,1-2H3. The number of hydrogen-bond acceptors (Lipinski definition) is 4. The minimum Gasteiger partial charge on any atom is -0.388 e. The second kappa shape index (κ2) is 6.65. The van der Waals surface area contributed by atoms with Gasteiger partial charge in [-0.05, 0) is 41.8 Å². The van der Waals surface area contributed by atoms with Gasteiger partial charge in [0, 0.05) is 5.41 Å². The first-order valence-electron chi connectivity index (χ1n) is 6.97. The molecule has 2 aromatic carbocycles. The molecule has 110 valence electrons. The van der Waals surface area contributed by atoms with Gasteiger partial charge < -0.3 is 9.47 Å². The van der Waals surface area contributed by atoms with E-state index in [-0.39, 0.29) is 5.41 Å². The van der Waals surface area contributed by atoms with Gasteiger partial charge in [0.05, 0.1) is 0 Å². The minimum atomic E-state index is -0.170. The van der Waals surface area contributed by atoms with E-state index in [2.05, 4.69) is 13.8 Å². The maximum Gasteiger partial charge on any atom is 0.292 e. The number of benzene rings is 2. The number of hydrogen-bond donors (Lipinski definition) is 0. The van der Waals surface area contributed by atoms with Crippen LogP contribution in [0.25, 0.3) is 0 Å². The molecular weight excluding hydrogens is 276 g/mol. The summed E-state index contributed by atoms with van der Waals surface area (Å²) in [7, 11) is 0. The fourth-order valence-corrected chi connectivity index (χ4v) is 2.46. The van der Waals surface area contributed by atoms with Crippen molar-refractivity contribution in [3.63, 3.8) is 0 Å². The maximum absolute atomic E-state index is 8.54. The van der Waals surface area contributed by atoms with Crippen molar-refractivity contribution in [2.24, 2.45) is 0 Å². The molecule has 0 aliphatic carbocycles. The Morgan fingerprint density at radius 3 is 1.45 bits per heavy atom. The van der Waals surface area contributed by atoms with E-state index >= 15 is 0 Å². The molecule has 0 atom stereocenters. The minimum absolute atomic E-state index is 0.170. The van der Waals surface area contributed by atoms with Crippen molar-refractivity contribution in [2.75, 3.05) is 0 Å². The van der Waals surface area contributed by atoms with Crippen LogP contribution >= 0.6 is 0 Å². The van der Waals surface area contributed by atoms with Crippen molar-refractivity contribution in [2.45, 2.75) is 25.7 Å². The molecule has 0 spiro atoms. The topological polar surface area (TPSA) is 66.0 Å². The van der Waals surface area contributed by atoms with E-state index in [0.717, 1.165) is 17.5 Å². The zero-order valence-corrected chi connectivity index (χ0v) is 12.5. The van der Waals surface area contributed by atoms with E-state index < -0.39 is 0 Å². The summed E-state index contributed by atoms with van der Waals surface area (Å²) in [5.74, 6) is 1.06. The molecule has 0 fully saturated rings. The molecule has 22 heavy (non-hydrogen) atoms. The second-order valence-corrected chi connectivity index (χ2v) is 5.12. The Bertz CT molecular complexity index is 647. The number of rotatable bonds is 5. The Kier molecular flexibility index (Phi) is 4.66. The first-order chi connectivity index (χ1) is 10.6. The normalized spacial score (nSPS) is 10.4. The SMILES string of the molecule is CCC(C)(c1ccc(OC#N)cc1)c1ccc(OC#N)cc1. The fourth-order valence-electron chi connectivity index (χ4n) is 2.46. The Morgan fingerprint density at radius 2 is 1.18 bits per heavy atom. The first-order valence-corrected chi connectivity index (χ1v) is 6.97. The van der Waals surface area contributed by atoms with Crippen LogP contribution in [0.2, 0.25) is 0 Å². The second-order valence-electron chi connectivity index (χ2n) is 5.12. The van der Waals surface area contributed by atoms with Crippen LogP contribution in [-0.4, -0.2) is 0 Å². The Labute approximate surface area is 130 Å². The van der Waals surface area contributed by atoms with Crippen molar-refractivity contribution >= 4 is 0 Å². The van der Waals surface area contributed by atoms with E-state index in [9.17, 15) is 0 Å². The maximum atomic E-state index is 8.54. The molecule has 2 rings (SSSR count). The van der Waals surface area contributed by atoms with Crippen molar-refractivity contribution < 1.29 is 9.47 Å².